The fourth-order valence-electron chi connectivity index (χ4n) is 4.46. The minimum absolute atomic E-state index is 0.235. The number of carbonyl (C=O) groups is 2. The van der Waals surface area contributed by atoms with Crippen molar-refractivity contribution in [3.8, 4) is 0 Å². The largest absolute Gasteiger partial charge is 0.461 e. The average Bonchev–Trinajstić information content (AvgIpc) is 3.25. The van der Waals surface area contributed by atoms with Gasteiger partial charge in [0.1, 0.15) is 17.8 Å². The molecule has 5 rings (SSSR count). The lowest BCUT2D eigenvalue weighted by Gasteiger charge is -2.37. The van der Waals surface area contributed by atoms with E-state index in [2.05, 4.69) is 10.3 Å². The summed E-state index contributed by atoms with van der Waals surface area (Å²) >= 11 is 0. The summed E-state index contributed by atoms with van der Waals surface area (Å²) in [6.45, 7) is 1.99. The van der Waals surface area contributed by atoms with Crippen LogP contribution in [0.1, 0.15) is 52.3 Å². The number of para-hydroxylation sites is 1. The number of ether oxygens (including phenoxy) is 2. The average molecular weight is 440 g/mol. The van der Waals surface area contributed by atoms with Crippen molar-refractivity contribution in [1.82, 2.24) is 10.3 Å². The third-order valence-electron chi connectivity index (χ3n) is 5.93. The van der Waals surface area contributed by atoms with E-state index in [1.807, 2.05) is 84.9 Å². The number of rotatable bonds is 5. The monoisotopic (exact) mass is 440 g/mol. The molecular formula is C27H24N2O4. The van der Waals surface area contributed by atoms with E-state index >= 15 is 0 Å². The van der Waals surface area contributed by atoms with Gasteiger partial charge >= 0.3 is 11.9 Å². The summed E-state index contributed by atoms with van der Waals surface area (Å²) < 4.78 is 11.3. The van der Waals surface area contributed by atoms with E-state index in [0.717, 1.165) is 22.0 Å². The highest BCUT2D eigenvalue weighted by molar-refractivity contribution is 6.01. The molecule has 1 aromatic heterocycles. The zero-order chi connectivity index (χ0) is 22.8. The molecular weight excluding hydrogens is 416 g/mol. The molecule has 0 aliphatic carbocycles. The first-order valence-corrected chi connectivity index (χ1v) is 11.0. The van der Waals surface area contributed by atoms with E-state index in [1.54, 1.807) is 6.92 Å². The van der Waals surface area contributed by atoms with Gasteiger partial charge in [0, 0.05) is 16.5 Å². The van der Waals surface area contributed by atoms with Crippen molar-refractivity contribution >= 4 is 22.8 Å². The lowest BCUT2D eigenvalue weighted by molar-refractivity contribution is -0.161. The molecule has 0 amide bonds. The second kappa shape index (κ2) is 8.92. The quantitative estimate of drug-likeness (QED) is 0.426. The second-order valence-corrected chi connectivity index (χ2v) is 7.94. The molecule has 33 heavy (non-hydrogen) atoms. The maximum atomic E-state index is 13.4. The predicted molar refractivity (Wildman–Crippen MR) is 125 cm³/mol. The summed E-state index contributed by atoms with van der Waals surface area (Å²) in [5, 5.41) is 4.28. The third kappa shape index (κ3) is 3.90. The molecule has 1 saturated heterocycles. The lowest BCUT2D eigenvalue weighted by atomic mass is 9.91. The number of hydrogen-bond acceptors (Lipinski definition) is 5. The molecule has 0 unspecified atom stereocenters. The van der Waals surface area contributed by atoms with Crippen LogP contribution < -0.4 is 5.32 Å². The van der Waals surface area contributed by atoms with Crippen molar-refractivity contribution in [2.24, 2.45) is 0 Å². The number of benzene rings is 3. The van der Waals surface area contributed by atoms with Gasteiger partial charge in [0.15, 0.2) is 0 Å². The van der Waals surface area contributed by atoms with Crippen molar-refractivity contribution < 1.29 is 19.1 Å². The number of aromatic nitrogens is 1. The maximum absolute atomic E-state index is 13.4. The van der Waals surface area contributed by atoms with Gasteiger partial charge in [-0.05, 0) is 24.1 Å². The number of hydrogen-bond donors (Lipinski definition) is 2. The molecule has 6 heteroatoms. The SMILES string of the molecule is CCOC(=O)c1[nH]c2ccccc2c1[C@@H]1N[C@@H](c2ccccc2)[C@@H](c2ccccc2)OC1=O. The Balaban J connectivity index is 1.62. The van der Waals surface area contributed by atoms with Gasteiger partial charge in [-0.3, -0.25) is 5.32 Å². The number of fused-ring (bicyclic) bond motifs is 1. The number of morpholine rings is 1. The Kier molecular flexibility index (Phi) is 5.67. The van der Waals surface area contributed by atoms with Crippen LogP contribution in [0.4, 0.5) is 0 Å². The molecule has 1 aliphatic rings. The van der Waals surface area contributed by atoms with Gasteiger partial charge in [-0.15, -0.1) is 0 Å². The van der Waals surface area contributed by atoms with Crippen LogP contribution in [0, 0.1) is 0 Å². The molecule has 0 saturated carbocycles. The fraction of sp³-hybridized carbons (Fsp3) is 0.185. The van der Waals surface area contributed by atoms with Gasteiger partial charge < -0.3 is 14.5 Å². The number of nitrogens with one attached hydrogen (secondary N) is 2. The number of carbonyl (C=O) groups excluding carboxylic acids is 2. The first kappa shape index (κ1) is 21.0. The van der Waals surface area contributed by atoms with Crippen molar-refractivity contribution in [3.05, 3.63) is 107 Å². The molecule has 0 bridgehead atoms. The second-order valence-electron chi connectivity index (χ2n) is 7.94. The first-order valence-electron chi connectivity index (χ1n) is 11.0. The minimum atomic E-state index is -0.842. The van der Waals surface area contributed by atoms with Crippen LogP contribution in [0.5, 0.6) is 0 Å². The van der Waals surface area contributed by atoms with Gasteiger partial charge in [-0.1, -0.05) is 78.9 Å². The Bertz CT molecular complexity index is 1280. The Morgan fingerprint density at radius 1 is 0.909 bits per heavy atom. The highest BCUT2D eigenvalue weighted by atomic mass is 16.6. The summed E-state index contributed by atoms with van der Waals surface area (Å²) in [4.78, 5) is 29.3. The van der Waals surface area contributed by atoms with Crippen LogP contribution >= 0.6 is 0 Å². The van der Waals surface area contributed by atoms with Crippen LogP contribution in [0.2, 0.25) is 0 Å². The van der Waals surface area contributed by atoms with Gasteiger partial charge in [-0.2, -0.15) is 0 Å². The van der Waals surface area contributed by atoms with Crippen LogP contribution in [0.3, 0.4) is 0 Å². The Morgan fingerprint density at radius 3 is 2.24 bits per heavy atom. The molecule has 0 radical (unpaired) electrons. The van der Waals surface area contributed by atoms with E-state index < -0.39 is 24.1 Å². The van der Waals surface area contributed by atoms with Crippen LogP contribution in [0.15, 0.2) is 84.9 Å². The Labute approximate surface area is 191 Å². The number of H-pyrrole nitrogens is 1. The van der Waals surface area contributed by atoms with Crippen LogP contribution in [-0.2, 0) is 14.3 Å². The van der Waals surface area contributed by atoms with Gasteiger partial charge in [0.25, 0.3) is 0 Å². The zero-order valence-corrected chi connectivity index (χ0v) is 18.2. The van der Waals surface area contributed by atoms with E-state index in [0.29, 0.717) is 5.56 Å². The first-order chi connectivity index (χ1) is 16.2. The Morgan fingerprint density at radius 2 is 1.55 bits per heavy atom. The van der Waals surface area contributed by atoms with E-state index in [1.165, 1.54) is 0 Å². The van der Waals surface area contributed by atoms with Crippen LogP contribution in [-0.4, -0.2) is 23.5 Å². The standard InChI is InChI=1S/C27H24N2O4/c1-2-32-26(30)23-21(19-15-9-10-16-20(19)28-23)24-27(31)33-25(18-13-7-4-8-14-18)22(29-24)17-11-5-3-6-12-17/h3-16,22,24-25,28-29H,2H2,1H3/t22-,24-,25+/m0/s1. The molecule has 2 heterocycles. The summed E-state index contributed by atoms with van der Waals surface area (Å²) in [7, 11) is 0. The number of esters is 2. The predicted octanol–water partition coefficient (Wildman–Crippen LogP) is 5.01. The van der Waals surface area contributed by atoms with E-state index in [-0.39, 0.29) is 18.3 Å². The molecule has 1 aliphatic heterocycles. The van der Waals surface area contributed by atoms with Crippen molar-refractivity contribution in [2.45, 2.75) is 25.1 Å². The smallest absolute Gasteiger partial charge is 0.355 e. The highest BCUT2D eigenvalue weighted by Crippen LogP contribution is 2.41. The number of cyclic esters (lactones) is 1. The fourth-order valence-corrected chi connectivity index (χ4v) is 4.46. The van der Waals surface area contributed by atoms with Crippen LogP contribution in [0.25, 0.3) is 10.9 Å². The van der Waals surface area contributed by atoms with Crippen molar-refractivity contribution in [3.63, 3.8) is 0 Å². The molecule has 166 valence electrons. The minimum Gasteiger partial charge on any atom is -0.461 e. The summed E-state index contributed by atoms with van der Waals surface area (Å²) in [5.74, 6) is -0.939. The summed E-state index contributed by atoms with van der Waals surface area (Å²) in [6, 6.07) is 25.9. The molecule has 0 spiro atoms. The Hall–Kier alpha value is -3.90. The third-order valence-corrected chi connectivity index (χ3v) is 5.93. The molecule has 6 nitrogen and oxygen atoms in total. The topological polar surface area (TPSA) is 80.4 Å². The van der Waals surface area contributed by atoms with E-state index in [9.17, 15) is 9.59 Å². The maximum Gasteiger partial charge on any atom is 0.355 e. The van der Waals surface area contributed by atoms with Gasteiger partial charge in [0.05, 0.1) is 12.6 Å². The van der Waals surface area contributed by atoms with Crippen molar-refractivity contribution in [2.75, 3.05) is 6.61 Å². The van der Waals surface area contributed by atoms with Crippen molar-refractivity contribution in [1.29, 1.82) is 0 Å². The lowest BCUT2D eigenvalue weighted by Crippen LogP contribution is -2.43. The van der Waals surface area contributed by atoms with Gasteiger partial charge in [-0.25, -0.2) is 9.59 Å². The zero-order valence-electron chi connectivity index (χ0n) is 18.2. The van der Waals surface area contributed by atoms with E-state index in [4.69, 9.17) is 9.47 Å². The molecule has 4 aromatic rings. The molecule has 3 aromatic carbocycles. The molecule has 3 atom stereocenters. The normalized spacial score (nSPS) is 20.4. The molecule has 2 N–H and O–H groups in total. The molecule has 1 fully saturated rings. The summed E-state index contributed by atoms with van der Waals surface area (Å²) in [6.07, 6.45) is -0.506. The highest BCUT2D eigenvalue weighted by Gasteiger charge is 2.42. The number of aromatic amines is 1. The van der Waals surface area contributed by atoms with Gasteiger partial charge in [0.2, 0.25) is 0 Å². The summed E-state index contributed by atoms with van der Waals surface area (Å²) in [5.41, 5.74) is 3.45.